The average Bonchev–Trinajstić information content (AvgIpc) is 2.97. The number of aliphatic hydroxyl groups is 2. The summed E-state index contributed by atoms with van der Waals surface area (Å²) in [6.45, 7) is 4.55. The van der Waals surface area contributed by atoms with E-state index in [-0.39, 0.29) is 18.4 Å². The molecule has 0 saturated carbocycles. The molecule has 0 aliphatic heterocycles. The van der Waals surface area contributed by atoms with Crippen molar-refractivity contribution in [3.8, 4) is 5.75 Å². The lowest BCUT2D eigenvalue weighted by molar-refractivity contribution is 0.126. The third kappa shape index (κ3) is 12.3. The van der Waals surface area contributed by atoms with Gasteiger partial charge in [0.2, 0.25) is 0 Å². The predicted molar refractivity (Wildman–Crippen MR) is 164 cm³/mol. The molecular formula is C33H45N3O5. The van der Waals surface area contributed by atoms with Crippen molar-refractivity contribution < 1.29 is 24.9 Å². The van der Waals surface area contributed by atoms with Gasteiger partial charge in [-0.05, 0) is 93.1 Å². The SMILES string of the molecule is Cc1ccc(NC(=O)Nc2cccc(CCCCOCCCCCCNC[C@H](O)c3ccc(O)c(CO)c3)c2)cc1. The highest BCUT2D eigenvalue weighted by Crippen LogP contribution is 2.22. The molecule has 3 aromatic carbocycles. The standard InChI is InChI=1S/C33H45N3O5/c1-25-12-15-29(16-13-25)35-33(40)36-30-11-8-10-26(21-30)9-4-7-20-41-19-6-3-2-5-18-34-23-32(39)27-14-17-31(38)28(22-27)24-37/h8,10-17,21-22,32,34,37-39H,2-7,9,18-20,23-24H2,1H3,(H2,35,36,40)/t32-/m0/s1. The summed E-state index contributed by atoms with van der Waals surface area (Å²) >= 11 is 0. The van der Waals surface area contributed by atoms with E-state index in [4.69, 9.17) is 4.74 Å². The Morgan fingerprint density at radius 3 is 2.37 bits per heavy atom. The van der Waals surface area contributed by atoms with Crippen LogP contribution < -0.4 is 16.0 Å². The fourth-order valence-corrected chi connectivity index (χ4v) is 4.47. The second kappa shape index (κ2) is 18.1. The number of hydrogen-bond donors (Lipinski definition) is 6. The summed E-state index contributed by atoms with van der Waals surface area (Å²) in [4.78, 5) is 12.3. The highest BCUT2D eigenvalue weighted by Gasteiger charge is 2.10. The molecule has 0 aliphatic rings. The third-order valence-corrected chi connectivity index (χ3v) is 6.89. The second-order valence-corrected chi connectivity index (χ2v) is 10.4. The first-order valence-corrected chi connectivity index (χ1v) is 14.6. The molecule has 3 aromatic rings. The van der Waals surface area contributed by atoms with Crippen molar-refractivity contribution in [1.29, 1.82) is 0 Å². The van der Waals surface area contributed by atoms with Gasteiger partial charge in [-0.2, -0.15) is 0 Å². The summed E-state index contributed by atoms with van der Waals surface area (Å²) in [5.74, 6) is 0.0393. The number of urea groups is 1. The number of carbonyl (C=O) groups excluding carboxylic acids is 1. The molecule has 0 bridgehead atoms. The number of ether oxygens (including phenoxy) is 1. The molecule has 8 nitrogen and oxygen atoms in total. The number of aliphatic hydroxyl groups excluding tert-OH is 2. The van der Waals surface area contributed by atoms with Crippen LogP contribution in [0.3, 0.4) is 0 Å². The number of benzene rings is 3. The van der Waals surface area contributed by atoms with Crippen LogP contribution in [0.2, 0.25) is 0 Å². The number of rotatable bonds is 18. The number of unbranched alkanes of at least 4 members (excludes halogenated alkanes) is 4. The highest BCUT2D eigenvalue weighted by atomic mass is 16.5. The summed E-state index contributed by atoms with van der Waals surface area (Å²) < 4.78 is 5.80. The molecule has 2 amide bonds. The number of aryl methyl sites for hydroxylation is 2. The van der Waals surface area contributed by atoms with Gasteiger partial charge in [-0.1, -0.05) is 48.7 Å². The number of aromatic hydroxyl groups is 1. The summed E-state index contributed by atoms with van der Waals surface area (Å²) in [5, 5.41) is 38.2. The van der Waals surface area contributed by atoms with Crippen molar-refractivity contribution in [2.75, 3.05) is 36.9 Å². The fourth-order valence-electron chi connectivity index (χ4n) is 4.47. The largest absolute Gasteiger partial charge is 0.508 e. The Balaban J connectivity index is 1.16. The normalized spacial score (nSPS) is 11.8. The monoisotopic (exact) mass is 563 g/mol. The second-order valence-electron chi connectivity index (χ2n) is 10.4. The Hall–Kier alpha value is -3.43. The van der Waals surface area contributed by atoms with Gasteiger partial charge in [-0.25, -0.2) is 4.79 Å². The van der Waals surface area contributed by atoms with Crippen molar-refractivity contribution >= 4 is 17.4 Å². The maximum atomic E-state index is 12.3. The summed E-state index contributed by atoms with van der Waals surface area (Å²) in [7, 11) is 0. The molecule has 0 aromatic heterocycles. The topological polar surface area (TPSA) is 123 Å². The van der Waals surface area contributed by atoms with E-state index in [1.807, 2.05) is 49.4 Å². The number of carbonyl (C=O) groups is 1. The third-order valence-electron chi connectivity index (χ3n) is 6.89. The van der Waals surface area contributed by atoms with Crippen LogP contribution in [0.25, 0.3) is 0 Å². The highest BCUT2D eigenvalue weighted by molar-refractivity contribution is 5.99. The lowest BCUT2D eigenvalue weighted by Gasteiger charge is -2.14. The zero-order chi connectivity index (χ0) is 29.3. The Labute approximate surface area is 243 Å². The molecule has 222 valence electrons. The molecule has 0 fully saturated rings. The maximum Gasteiger partial charge on any atom is 0.323 e. The van der Waals surface area contributed by atoms with E-state index in [0.29, 0.717) is 17.7 Å². The van der Waals surface area contributed by atoms with Crippen LogP contribution >= 0.6 is 0 Å². The van der Waals surface area contributed by atoms with Gasteiger partial charge in [-0.15, -0.1) is 0 Å². The first-order valence-electron chi connectivity index (χ1n) is 14.6. The molecule has 0 radical (unpaired) electrons. The van der Waals surface area contributed by atoms with Crippen LogP contribution in [0.15, 0.2) is 66.7 Å². The van der Waals surface area contributed by atoms with Gasteiger partial charge in [0.15, 0.2) is 0 Å². The van der Waals surface area contributed by atoms with Crippen molar-refractivity contribution in [3.05, 3.63) is 89.0 Å². The molecule has 3 rings (SSSR count). The Morgan fingerprint density at radius 1 is 0.854 bits per heavy atom. The van der Waals surface area contributed by atoms with Gasteiger partial charge in [-0.3, -0.25) is 0 Å². The minimum atomic E-state index is -0.675. The minimum Gasteiger partial charge on any atom is -0.508 e. The molecule has 41 heavy (non-hydrogen) atoms. The number of hydrogen-bond acceptors (Lipinski definition) is 6. The van der Waals surface area contributed by atoms with Crippen LogP contribution in [-0.4, -0.2) is 47.7 Å². The van der Waals surface area contributed by atoms with E-state index in [1.165, 1.54) is 11.6 Å². The van der Waals surface area contributed by atoms with Crippen LogP contribution in [-0.2, 0) is 17.8 Å². The average molecular weight is 564 g/mol. The van der Waals surface area contributed by atoms with Gasteiger partial charge >= 0.3 is 6.03 Å². The van der Waals surface area contributed by atoms with Crippen LogP contribution in [0.5, 0.6) is 5.75 Å². The Bertz CT molecular complexity index is 1190. The van der Waals surface area contributed by atoms with E-state index in [9.17, 15) is 20.1 Å². The lowest BCUT2D eigenvalue weighted by Crippen LogP contribution is -2.22. The fraction of sp³-hybridized carbons (Fsp3) is 0.424. The number of amides is 2. The quantitative estimate of drug-likeness (QED) is 0.105. The molecule has 0 saturated heterocycles. The van der Waals surface area contributed by atoms with E-state index in [0.717, 1.165) is 81.6 Å². The van der Waals surface area contributed by atoms with Gasteiger partial charge in [0.05, 0.1) is 12.7 Å². The first-order chi connectivity index (χ1) is 19.9. The van der Waals surface area contributed by atoms with Crippen LogP contribution in [0.4, 0.5) is 16.2 Å². The minimum absolute atomic E-state index is 0.0393. The van der Waals surface area contributed by atoms with Crippen molar-refractivity contribution in [2.45, 2.75) is 64.6 Å². The van der Waals surface area contributed by atoms with Gasteiger partial charge in [0, 0.05) is 36.7 Å². The van der Waals surface area contributed by atoms with E-state index < -0.39 is 6.10 Å². The van der Waals surface area contributed by atoms with Crippen LogP contribution in [0.1, 0.15) is 66.9 Å². The zero-order valence-corrected chi connectivity index (χ0v) is 24.1. The first kappa shape index (κ1) is 32.1. The van der Waals surface area contributed by atoms with Gasteiger partial charge in [0.1, 0.15) is 5.75 Å². The van der Waals surface area contributed by atoms with Gasteiger partial charge < -0.3 is 36.0 Å². The molecular weight excluding hydrogens is 518 g/mol. The van der Waals surface area contributed by atoms with Crippen LogP contribution in [0, 0.1) is 6.92 Å². The maximum absolute atomic E-state index is 12.3. The van der Waals surface area contributed by atoms with Gasteiger partial charge in [0.25, 0.3) is 0 Å². The predicted octanol–water partition coefficient (Wildman–Crippen LogP) is 6.06. The van der Waals surface area contributed by atoms with Crippen molar-refractivity contribution in [1.82, 2.24) is 5.32 Å². The number of anilines is 2. The molecule has 0 spiro atoms. The summed E-state index contributed by atoms with van der Waals surface area (Å²) in [6.07, 6.45) is 6.58. The van der Waals surface area contributed by atoms with Crippen molar-refractivity contribution in [2.24, 2.45) is 0 Å². The molecule has 6 N–H and O–H groups in total. The van der Waals surface area contributed by atoms with Crippen molar-refractivity contribution in [3.63, 3.8) is 0 Å². The van der Waals surface area contributed by atoms with E-state index in [1.54, 1.807) is 12.1 Å². The van der Waals surface area contributed by atoms with E-state index >= 15 is 0 Å². The zero-order valence-electron chi connectivity index (χ0n) is 24.1. The van der Waals surface area contributed by atoms with E-state index in [2.05, 4.69) is 22.0 Å². The smallest absolute Gasteiger partial charge is 0.323 e. The molecule has 1 atom stereocenters. The lowest BCUT2D eigenvalue weighted by atomic mass is 10.1. The Morgan fingerprint density at radius 2 is 1.59 bits per heavy atom. The molecule has 8 heteroatoms. The number of phenols is 1. The molecule has 0 aliphatic carbocycles. The molecule has 0 unspecified atom stereocenters. The number of nitrogens with one attached hydrogen (secondary N) is 3. The summed E-state index contributed by atoms with van der Waals surface area (Å²) in [5.41, 5.74) is 4.99. The Kier molecular flexibility index (Phi) is 14.2. The summed E-state index contributed by atoms with van der Waals surface area (Å²) in [6, 6.07) is 20.2. The molecule has 0 heterocycles.